The Morgan fingerprint density at radius 3 is 2.69 bits per heavy atom. The topological polar surface area (TPSA) is 55.1 Å². The minimum Gasteiger partial charge on any atom is -0.353 e. The molecule has 2 fully saturated rings. The molecule has 4 heteroatoms. The molecule has 1 saturated heterocycles. The molecule has 3 nitrogen and oxygen atoms in total. The summed E-state index contributed by atoms with van der Waals surface area (Å²) >= 11 is 1.96. The predicted molar refractivity (Wildman–Crippen MR) is 68.4 cm³/mol. The number of nitrogens with two attached hydrogens (primary N) is 1. The number of nitrogens with one attached hydrogen (secondary N) is 1. The van der Waals surface area contributed by atoms with Gasteiger partial charge in [-0.15, -0.1) is 0 Å². The molecule has 92 valence electrons. The van der Waals surface area contributed by atoms with Crippen LogP contribution < -0.4 is 11.1 Å². The monoisotopic (exact) mass is 242 g/mol. The van der Waals surface area contributed by atoms with Crippen molar-refractivity contribution in [3.05, 3.63) is 0 Å². The van der Waals surface area contributed by atoms with Gasteiger partial charge in [0.2, 0.25) is 5.91 Å². The summed E-state index contributed by atoms with van der Waals surface area (Å²) in [4.78, 5) is 12.1. The second-order valence-corrected chi connectivity index (χ2v) is 6.15. The average Bonchev–Trinajstić information content (AvgIpc) is 2.77. The maximum Gasteiger partial charge on any atom is 0.223 e. The normalized spacial score (nSPS) is 31.6. The highest BCUT2D eigenvalue weighted by Crippen LogP contribution is 2.27. The fourth-order valence-electron chi connectivity index (χ4n) is 2.77. The van der Waals surface area contributed by atoms with E-state index in [0.29, 0.717) is 18.5 Å². The van der Waals surface area contributed by atoms with Crippen molar-refractivity contribution in [3.63, 3.8) is 0 Å². The van der Waals surface area contributed by atoms with Gasteiger partial charge in [0.15, 0.2) is 0 Å². The Morgan fingerprint density at radius 1 is 1.25 bits per heavy atom. The number of hydrogen-bond donors (Lipinski definition) is 2. The number of hydrogen-bond acceptors (Lipinski definition) is 3. The van der Waals surface area contributed by atoms with Crippen LogP contribution in [0.15, 0.2) is 0 Å². The van der Waals surface area contributed by atoms with Crippen LogP contribution >= 0.6 is 11.8 Å². The van der Waals surface area contributed by atoms with Crippen LogP contribution in [-0.4, -0.2) is 30.0 Å². The largest absolute Gasteiger partial charge is 0.353 e. The molecule has 0 bridgehead atoms. The van der Waals surface area contributed by atoms with E-state index in [1.165, 1.54) is 12.8 Å². The van der Waals surface area contributed by atoms with Crippen molar-refractivity contribution in [1.82, 2.24) is 5.32 Å². The van der Waals surface area contributed by atoms with E-state index in [-0.39, 0.29) is 11.8 Å². The molecule has 1 heterocycles. The van der Waals surface area contributed by atoms with Crippen LogP contribution in [0.4, 0.5) is 0 Å². The highest BCUT2D eigenvalue weighted by atomic mass is 32.2. The van der Waals surface area contributed by atoms with E-state index in [1.54, 1.807) is 0 Å². The van der Waals surface area contributed by atoms with Crippen LogP contribution in [0.1, 0.15) is 32.1 Å². The van der Waals surface area contributed by atoms with Gasteiger partial charge < -0.3 is 11.1 Å². The first kappa shape index (κ1) is 12.2. The zero-order chi connectivity index (χ0) is 11.4. The Hall–Kier alpha value is -0.220. The Bertz CT molecular complexity index is 241. The number of thioether (sulfide) groups is 1. The lowest BCUT2D eigenvalue weighted by molar-refractivity contribution is -0.126. The van der Waals surface area contributed by atoms with Gasteiger partial charge in [-0.05, 0) is 49.7 Å². The minimum atomic E-state index is 0.264. The Morgan fingerprint density at radius 2 is 2.00 bits per heavy atom. The molecule has 1 aliphatic carbocycles. The van der Waals surface area contributed by atoms with Crippen LogP contribution in [0.5, 0.6) is 0 Å². The van der Waals surface area contributed by atoms with Crippen LogP contribution in [0.3, 0.4) is 0 Å². The molecule has 2 aliphatic rings. The van der Waals surface area contributed by atoms with Crippen molar-refractivity contribution in [1.29, 1.82) is 0 Å². The van der Waals surface area contributed by atoms with Crippen LogP contribution in [0, 0.1) is 11.8 Å². The second kappa shape index (κ2) is 5.92. The van der Waals surface area contributed by atoms with Gasteiger partial charge in [-0.1, -0.05) is 6.42 Å². The summed E-state index contributed by atoms with van der Waals surface area (Å²) in [6, 6.07) is 0.354. The minimum absolute atomic E-state index is 0.264. The highest BCUT2D eigenvalue weighted by Gasteiger charge is 2.30. The third-order valence-corrected chi connectivity index (χ3v) is 4.93. The smallest absolute Gasteiger partial charge is 0.223 e. The number of rotatable bonds is 3. The van der Waals surface area contributed by atoms with Crippen molar-refractivity contribution >= 4 is 17.7 Å². The van der Waals surface area contributed by atoms with Gasteiger partial charge in [-0.2, -0.15) is 11.8 Å². The lowest BCUT2D eigenvalue weighted by Crippen LogP contribution is -2.43. The molecule has 1 saturated carbocycles. The van der Waals surface area contributed by atoms with E-state index in [4.69, 9.17) is 5.73 Å². The SMILES string of the molecule is NCC1CCCC1NC(=O)C1CCSCC1. The van der Waals surface area contributed by atoms with Crippen molar-refractivity contribution in [3.8, 4) is 0 Å². The molecule has 2 unspecified atom stereocenters. The van der Waals surface area contributed by atoms with Crippen molar-refractivity contribution < 1.29 is 4.79 Å². The average molecular weight is 242 g/mol. The Balaban J connectivity index is 1.81. The third kappa shape index (κ3) is 2.92. The molecule has 2 atom stereocenters. The molecular formula is C12H22N2OS. The standard InChI is InChI=1S/C12H22N2OS/c13-8-10-2-1-3-11(10)14-12(15)9-4-6-16-7-5-9/h9-11H,1-8,13H2,(H,14,15). The van der Waals surface area contributed by atoms with Crippen LogP contribution in [0.25, 0.3) is 0 Å². The van der Waals surface area contributed by atoms with E-state index >= 15 is 0 Å². The first-order valence-corrected chi connectivity index (χ1v) is 7.55. The van der Waals surface area contributed by atoms with E-state index in [0.717, 1.165) is 30.8 Å². The molecule has 1 amide bonds. The molecule has 0 aromatic rings. The molecule has 2 rings (SSSR count). The lowest BCUT2D eigenvalue weighted by Gasteiger charge is -2.25. The Kier molecular flexibility index (Phi) is 4.53. The quantitative estimate of drug-likeness (QED) is 0.786. The fourth-order valence-corrected chi connectivity index (χ4v) is 3.88. The van der Waals surface area contributed by atoms with Crippen LogP contribution in [0.2, 0.25) is 0 Å². The fraction of sp³-hybridized carbons (Fsp3) is 0.917. The van der Waals surface area contributed by atoms with Gasteiger partial charge in [0.25, 0.3) is 0 Å². The van der Waals surface area contributed by atoms with Crippen LogP contribution in [-0.2, 0) is 4.79 Å². The van der Waals surface area contributed by atoms with Gasteiger partial charge >= 0.3 is 0 Å². The summed E-state index contributed by atoms with van der Waals surface area (Å²) in [6.07, 6.45) is 5.62. The second-order valence-electron chi connectivity index (χ2n) is 4.93. The van der Waals surface area contributed by atoms with Crippen molar-refractivity contribution in [2.45, 2.75) is 38.1 Å². The van der Waals surface area contributed by atoms with Gasteiger partial charge in [0.1, 0.15) is 0 Å². The molecule has 0 spiro atoms. The highest BCUT2D eigenvalue weighted by molar-refractivity contribution is 7.99. The molecule has 16 heavy (non-hydrogen) atoms. The van der Waals surface area contributed by atoms with E-state index in [2.05, 4.69) is 5.32 Å². The third-order valence-electron chi connectivity index (χ3n) is 3.88. The maximum absolute atomic E-state index is 12.1. The van der Waals surface area contributed by atoms with Gasteiger partial charge in [-0.3, -0.25) is 4.79 Å². The van der Waals surface area contributed by atoms with Gasteiger partial charge in [0.05, 0.1) is 0 Å². The zero-order valence-electron chi connectivity index (χ0n) is 9.78. The van der Waals surface area contributed by atoms with E-state index in [9.17, 15) is 4.79 Å². The summed E-state index contributed by atoms with van der Waals surface area (Å²) < 4.78 is 0. The Labute approximate surface area is 102 Å². The van der Waals surface area contributed by atoms with Crippen molar-refractivity contribution in [2.75, 3.05) is 18.1 Å². The molecule has 0 aromatic carbocycles. The molecule has 3 N–H and O–H groups in total. The molecule has 1 aliphatic heterocycles. The summed E-state index contributed by atoms with van der Waals surface area (Å²) in [5.41, 5.74) is 5.72. The maximum atomic E-state index is 12.1. The van der Waals surface area contributed by atoms with Gasteiger partial charge in [0, 0.05) is 12.0 Å². The first-order valence-electron chi connectivity index (χ1n) is 6.39. The summed E-state index contributed by atoms with van der Waals surface area (Å²) in [5, 5.41) is 3.22. The number of amides is 1. The first-order chi connectivity index (χ1) is 7.81. The van der Waals surface area contributed by atoms with E-state index in [1.807, 2.05) is 11.8 Å². The van der Waals surface area contributed by atoms with Gasteiger partial charge in [-0.25, -0.2) is 0 Å². The van der Waals surface area contributed by atoms with E-state index < -0.39 is 0 Å². The predicted octanol–water partition coefficient (Wildman–Crippen LogP) is 1.37. The summed E-state index contributed by atoms with van der Waals surface area (Å²) in [5.74, 6) is 3.35. The summed E-state index contributed by atoms with van der Waals surface area (Å²) in [6.45, 7) is 0.714. The van der Waals surface area contributed by atoms with Crippen molar-refractivity contribution in [2.24, 2.45) is 17.6 Å². The molecule has 0 radical (unpaired) electrons. The molecule has 0 aromatic heterocycles. The molecular weight excluding hydrogens is 220 g/mol. The number of carbonyl (C=O) groups is 1. The number of carbonyl (C=O) groups excluding carboxylic acids is 1. The summed E-state index contributed by atoms with van der Waals surface area (Å²) in [7, 11) is 0. The zero-order valence-corrected chi connectivity index (χ0v) is 10.6. The lowest BCUT2D eigenvalue weighted by atomic mass is 9.99.